The summed E-state index contributed by atoms with van der Waals surface area (Å²) in [7, 11) is -3.85. The highest BCUT2D eigenvalue weighted by Gasteiger charge is 2.22. The standard InChI is InChI=1S/C15H20N2O6S/c1-9(2)7-12(15(20)21)17-14(19)10-3-5-11(6-4-10)24(22,23)8-13(16)18/h3-6,9,12H,7-8H2,1-2H3,(H2,16,18)(H,17,19)(H,20,21)/t12-/m0/s1. The van der Waals surface area contributed by atoms with Crippen LogP contribution in [0.25, 0.3) is 0 Å². The molecule has 0 spiro atoms. The number of rotatable bonds is 8. The number of hydrogen-bond acceptors (Lipinski definition) is 5. The number of carbonyl (C=O) groups excluding carboxylic acids is 2. The molecule has 2 amide bonds. The third kappa shape index (κ3) is 5.65. The van der Waals surface area contributed by atoms with E-state index in [1.165, 1.54) is 24.3 Å². The number of aliphatic carboxylic acids is 1. The molecule has 0 heterocycles. The highest BCUT2D eigenvalue weighted by atomic mass is 32.2. The van der Waals surface area contributed by atoms with Crippen LogP contribution in [0.3, 0.4) is 0 Å². The minimum absolute atomic E-state index is 0.0766. The van der Waals surface area contributed by atoms with Crippen LogP contribution >= 0.6 is 0 Å². The second kappa shape index (κ2) is 7.91. The summed E-state index contributed by atoms with van der Waals surface area (Å²) in [6.07, 6.45) is 0.270. The van der Waals surface area contributed by atoms with Gasteiger partial charge in [0.2, 0.25) is 5.91 Å². The lowest BCUT2D eigenvalue weighted by Gasteiger charge is -2.16. The maximum Gasteiger partial charge on any atom is 0.326 e. The molecule has 0 aliphatic heterocycles. The summed E-state index contributed by atoms with van der Waals surface area (Å²) in [4.78, 5) is 33.9. The number of hydrogen-bond donors (Lipinski definition) is 3. The summed E-state index contributed by atoms with van der Waals surface area (Å²) in [5, 5.41) is 11.5. The molecule has 0 saturated heterocycles. The zero-order valence-corrected chi connectivity index (χ0v) is 14.2. The molecular formula is C15H20N2O6S. The fraction of sp³-hybridized carbons (Fsp3) is 0.400. The van der Waals surface area contributed by atoms with E-state index in [0.717, 1.165) is 0 Å². The topological polar surface area (TPSA) is 144 Å². The fourth-order valence-corrected chi connectivity index (χ4v) is 3.11. The lowest BCUT2D eigenvalue weighted by molar-refractivity contribution is -0.139. The van der Waals surface area contributed by atoms with Gasteiger partial charge in [0, 0.05) is 5.56 Å². The molecule has 132 valence electrons. The van der Waals surface area contributed by atoms with E-state index < -0.39 is 39.4 Å². The minimum atomic E-state index is -3.85. The molecule has 1 atom stereocenters. The van der Waals surface area contributed by atoms with E-state index in [4.69, 9.17) is 10.8 Å². The van der Waals surface area contributed by atoms with Crippen molar-refractivity contribution in [1.29, 1.82) is 0 Å². The van der Waals surface area contributed by atoms with Crippen molar-refractivity contribution in [3.63, 3.8) is 0 Å². The van der Waals surface area contributed by atoms with Gasteiger partial charge in [0.15, 0.2) is 9.84 Å². The van der Waals surface area contributed by atoms with Gasteiger partial charge in [-0.15, -0.1) is 0 Å². The Labute approximate surface area is 140 Å². The van der Waals surface area contributed by atoms with Crippen LogP contribution in [-0.2, 0) is 19.4 Å². The number of sulfone groups is 1. The number of nitrogens with two attached hydrogens (primary N) is 1. The molecule has 1 aromatic carbocycles. The van der Waals surface area contributed by atoms with Crippen LogP contribution in [-0.4, -0.2) is 43.1 Å². The van der Waals surface area contributed by atoms with Gasteiger partial charge in [0.25, 0.3) is 5.91 Å². The quantitative estimate of drug-likeness (QED) is 0.606. The summed E-state index contributed by atoms with van der Waals surface area (Å²) >= 11 is 0. The van der Waals surface area contributed by atoms with Crippen molar-refractivity contribution in [2.75, 3.05) is 5.75 Å². The smallest absolute Gasteiger partial charge is 0.326 e. The SMILES string of the molecule is CC(C)C[C@H](NC(=O)c1ccc(S(=O)(=O)CC(N)=O)cc1)C(=O)O. The monoisotopic (exact) mass is 356 g/mol. The van der Waals surface area contributed by atoms with E-state index in [1.54, 1.807) is 0 Å². The van der Waals surface area contributed by atoms with E-state index in [0.29, 0.717) is 0 Å². The molecule has 1 aromatic rings. The van der Waals surface area contributed by atoms with Gasteiger partial charge in [0.1, 0.15) is 11.8 Å². The maximum atomic E-state index is 12.1. The number of carbonyl (C=O) groups is 3. The van der Waals surface area contributed by atoms with Crippen molar-refractivity contribution in [1.82, 2.24) is 5.32 Å². The molecule has 0 aliphatic carbocycles. The van der Waals surface area contributed by atoms with Gasteiger partial charge < -0.3 is 16.2 Å². The van der Waals surface area contributed by atoms with Crippen molar-refractivity contribution in [3.05, 3.63) is 29.8 Å². The lowest BCUT2D eigenvalue weighted by atomic mass is 10.0. The minimum Gasteiger partial charge on any atom is -0.480 e. The van der Waals surface area contributed by atoms with Crippen LogP contribution in [0.5, 0.6) is 0 Å². The molecule has 0 aliphatic rings. The van der Waals surface area contributed by atoms with E-state index in [1.807, 2.05) is 13.8 Å². The van der Waals surface area contributed by atoms with E-state index >= 15 is 0 Å². The maximum absolute atomic E-state index is 12.1. The van der Waals surface area contributed by atoms with Gasteiger partial charge in [-0.2, -0.15) is 0 Å². The third-order valence-electron chi connectivity index (χ3n) is 3.12. The van der Waals surface area contributed by atoms with Crippen LogP contribution < -0.4 is 11.1 Å². The van der Waals surface area contributed by atoms with Crippen LogP contribution in [0.4, 0.5) is 0 Å². The van der Waals surface area contributed by atoms with Crippen LogP contribution in [0.2, 0.25) is 0 Å². The van der Waals surface area contributed by atoms with Crippen molar-refractivity contribution >= 4 is 27.6 Å². The average molecular weight is 356 g/mol. The summed E-state index contributed by atoms with van der Waals surface area (Å²) < 4.78 is 23.7. The Balaban J connectivity index is 2.90. The van der Waals surface area contributed by atoms with E-state index in [9.17, 15) is 22.8 Å². The molecule has 0 unspecified atom stereocenters. The highest BCUT2D eigenvalue weighted by molar-refractivity contribution is 7.92. The molecule has 4 N–H and O–H groups in total. The summed E-state index contributed by atoms with van der Waals surface area (Å²) in [5.41, 5.74) is 4.99. The third-order valence-corrected chi connectivity index (χ3v) is 4.77. The molecule has 9 heteroatoms. The van der Waals surface area contributed by atoms with Gasteiger partial charge in [-0.1, -0.05) is 13.8 Å². The first kappa shape index (κ1) is 19.6. The lowest BCUT2D eigenvalue weighted by Crippen LogP contribution is -2.41. The highest BCUT2D eigenvalue weighted by Crippen LogP contribution is 2.13. The number of carboxylic acid groups (broad SMARTS) is 1. The summed E-state index contributed by atoms with van der Waals surface area (Å²) in [5.74, 6) is -3.49. The zero-order chi connectivity index (χ0) is 18.5. The van der Waals surface area contributed by atoms with Crippen molar-refractivity contribution in [2.24, 2.45) is 11.7 Å². The van der Waals surface area contributed by atoms with Gasteiger partial charge in [-0.05, 0) is 36.6 Å². The zero-order valence-electron chi connectivity index (χ0n) is 13.4. The molecule has 1 rings (SSSR count). The fourth-order valence-electron chi connectivity index (χ4n) is 2.02. The Hall–Kier alpha value is -2.42. The van der Waals surface area contributed by atoms with Crippen molar-refractivity contribution in [3.8, 4) is 0 Å². The number of benzene rings is 1. The Morgan fingerprint density at radius 1 is 1.17 bits per heavy atom. The molecule has 0 radical (unpaired) electrons. The average Bonchev–Trinajstić information content (AvgIpc) is 2.44. The molecule has 0 fully saturated rings. The van der Waals surface area contributed by atoms with Gasteiger partial charge in [-0.3, -0.25) is 9.59 Å². The molecule has 24 heavy (non-hydrogen) atoms. The Morgan fingerprint density at radius 2 is 1.71 bits per heavy atom. The molecule has 8 nitrogen and oxygen atoms in total. The Kier molecular flexibility index (Phi) is 6.47. The van der Waals surface area contributed by atoms with Crippen LogP contribution in [0, 0.1) is 5.92 Å². The normalized spacial score (nSPS) is 12.6. The number of nitrogens with one attached hydrogen (secondary N) is 1. The van der Waals surface area contributed by atoms with E-state index in [2.05, 4.69) is 5.32 Å². The van der Waals surface area contributed by atoms with Crippen LogP contribution in [0.15, 0.2) is 29.2 Å². The largest absolute Gasteiger partial charge is 0.480 e. The van der Waals surface area contributed by atoms with Gasteiger partial charge in [0.05, 0.1) is 4.90 Å². The van der Waals surface area contributed by atoms with Crippen molar-refractivity contribution < 1.29 is 27.9 Å². The Morgan fingerprint density at radius 3 is 2.12 bits per heavy atom. The molecule has 0 aromatic heterocycles. The second-order valence-corrected chi connectivity index (χ2v) is 7.73. The first-order valence-corrected chi connectivity index (χ1v) is 8.83. The van der Waals surface area contributed by atoms with Crippen LogP contribution in [0.1, 0.15) is 30.6 Å². The predicted molar refractivity (Wildman–Crippen MR) is 86.0 cm³/mol. The summed E-state index contributed by atoms with van der Waals surface area (Å²) in [6, 6.07) is 3.81. The summed E-state index contributed by atoms with van der Waals surface area (Å²) in [6.45, 7) is 3.67. The number of amides is 2. The Bertz CT molecular complexity index is 725. The van der Waals surface area contributed by atoms with Gasteiger partial charge >= 0.3 is 5.97 Å². The first-order chi connectivity index (χ1) is 11.0. The molecule has 0 bridgehead atoms. The van der Waals surface area contributed by atoms with E-state index in [-0.39, 0.29) is 22.8 Å². The van der Waals surface area contributed by atoms with Gasteiger partial charge in [-0.25, -0.2) is 13.2 Å². The number of primary amides is 1. The first-order valence-electron chi connectivity index (χ1n) is 7.17. The molecule has 0 saturated carbocycles. The van der Waals surface area contributed by atoms with Crippen molar-refractivity contribution in [2.45, 2.75) is 31.2 Å². The molecular weight excluding hydrogens is 336 g/mol. The predicted octanol–water partition coefficient (Wildman–Crippen LogP) is 0.175. The number of carboxylic acids is 1. The second-order valence-electron chi connectivity index (χ2n) is 5.74.